The Morgan fingerprint density at radius 3 is 2.95 bits per heavy atom. The van der Waals surface area contributed by atoms with Gasteiger partial charge in [0.15, 0.2) is 0 Å². The zero-order chi connectivity index (χ0) is 14.5. The van der Waals surface area contributed by atoms with Gasteiger partial charge in [0.1, 0.15) is 5.82 Å². The molecule has 0 bridgehead atoms. The minimum atomic E-state index is -0.178. The number of piperazine rings is 1. The van der Waals surface area contributed by atoms with Crippen molar-refractivity contribution in [2.45, 2.75) is 32.7 Å². The number of rotatable bonds is 4. The van der Waals surface area contributed by atoms with Crippen LogP contribution in [-0.4, -0.2) is 36.5 Å². The third kappa shape index (κ3) is 3.79. The van der Waals surface area contributed by atoms with Crippen LogP contribution in [0.3, 0.4) is 0 Å². The van der Waals surface area contributed by atoms with Crippen LogP contribution in [0.5, 0.6) is 0 Å². The van der Waals surface area contributed by atoms with Crippen molar-refractivity contribution in [3.63, 3.8) is 0 Å². The van der Waals surface area contributed by atoms with E-state index in [1.807, 2.05) is 17.9 Å². The van der Waals surface area contributed by atoms with Crippen molar-refractivity contribution >= 4 is 5.91 Å². The number of hydrogen-bond acceptors (Lipinski definition) is 2. The third-order valence-corrected chi connectivity index (χ3v) is 3.91. The second kappa shape index (κ2) is 6.84. The van der Waals surface area contributed by atoms with Crippen LogP contribution in [-0.2, 0) is 11.2 Å². The molecule has 2 atom stereocenters. The normalized spacial score (nSPS) is 20.8. The first-order valence-electron chi connectivity index (χ1n) is 7.33. The van der Waals surface area contributed by atoms with Gasteiger partial charge in [0.2, 0.25) is 5.91 Å². The number of nitrogens with zero attached hydrogens (tertiary/aromatic N) is 1. The van der Waals surface area contributed by atoms with Crippen LogP contribution in [0.2, 0.25) is 0 Å². The Morgan fingerprint density at radius 2 is 2.25 bits per heavy atom. The molecule has 110 valence electrons. The molecule has 20 heavy (non-hydrogen) atoms. The fraction of sp³-hybridized carbons (Fsp3) is 0.562. The topological polar surface area (TPSA) is 32.3 Å². The highest BCUT2D eigenvalue weighted by molar-refractivity contribution is 5.78. The molecule has 1 amide bonds. The van der Waals surface area contributed by atoms with Crippen LogP contribution >= 0.6 is 0 Å². The Balaban J connectivity index is 1.86. The van der Waals surface area contributed by atoms with Gasteiger partial charge in [-0.2, -0.15) is 0 Å². The summed E-state index contributed by atoms with van der Waals surface area (Å²) < 4.78 is 13.5. The molecule has 3 nitrogen and oxygen atoms in total. The SMILES string of the molecule is C[C@H]1CN(C(=O)[C@@H](C)CCc2ccccc2F)CCN1. The zero-order valence-electron chi connectivity index (χ0n) is 12.2. The molecule has 1 heterocycles. The van der Waals surface area contributed by atoms with Gasteiger partial charge in [-0.25, -0.2) is 4.39 Å². The van der Waals surface area contributed by atoms with E-state index in [1.54, 1.807) is 12.1 Å². The quantitative estimate of drug-likeness (QED) is 0.916. The molecule has 0 spiro atoms. The average Bonchev–Trinajstić information content (AvgIpc) is 2.45. The van der Waals surface area contributed by atoms with E-state index in [-0.39, 0.29) is 17.6 Å². The highest BCUT2D eigenvalue weighted by Crippen LogP contribution is 2.15. The molecule has 1 N–H and O–H groups in total. The van der Waals surface area contributed by atoms with E-state index in [9.17, 15) is 9.18 Å². The van der Waals surface area contributed by atoms with Gasteiger partial charge in [-0.05, 0) is 31.4 Å². The van der Waals surface area contributed by atoms with Gasteiger partial charge in [-0.3, -0.25) is 4.79 Å². The highest BCUT2D eigenvalue weighted by Gasteiger charge is 2.24. The Kier molecular flexibility index (Phi) is 5.12. The molecular formula is C16H23FN2O. The first kappa shape index (κ1) is 15.0. The third-order valence-electron chi connectivity index (χ3n) is 3.91. The predicted octanol–water partition coefficient (Wildman–Crippen LogP) is 2.21. The van der Waals surface area contributed by atoms with E-state index < -0.39 is 0 Å². The molecule has 1 fully saturated rings. The lowest BCUT2D eigenvalue weighted by Gasteiger charge is -2.33. The van der Waals surface area contributed by atoms with E-state index in [0.29, 0.717) is 24.4 Å². The largest absolute Gasteiger partial charge is 0.340 e. The fourth-order valence-electron chi connectivity index (χ4n) is 2.64. The smallest absolute Gasteiger partial charge is 0.225 e. The number of nitrogens with one attached hydrogen (secondary N) is 1. The van der Waals surface area contributed by atoms with Crippen molar-refractivity contribution in [2.24, 2.45) is 5.92 Å². The zero-order valence-corrected chi connectivity index (χ0v) is 12.2. The number of benzene rings is 1. The summed E-state index contributed by atoms with van der Waals surface area (Å²) in [6, 6.07) is 7.14. The lowest BCUT2D eigenvalue weighted by molar-refractivity contribution is -0.136. The molecule has 0 aromatic heterocycles. The van der Waals surface area contributed by atoms with Crippen molar-refractivity contribution in [1.29, 1.82) is 0 Å². The number of hydrogen-bond donors (Lipinski definition) is 1. The van der Waals surface area contributed by atoms with E-state index in [4.69, 9.17) is 0 Å². The van der Waals surface area contributed by atoms with Gasteiger partial charge in [-0.15, -0.1) is 0 Å². The molecule has 2 rings (SSSR count). The lowest BCUT2D eigenvalue weighted by atomic mass is 9.99. The number of amides is 1. The van der Waals surface area contributed by atoms with Gasteiger partial charge >= 0.3 is 0 Å². The maximum Gasteiger partial charge on any atom is 0.225 e. The molecule has 0 radical (unpaired) electrons. The Morgan fingerprint density at radius 1 is 1.50 bits per heavy atom. The van der Waals surface area contributed by atoms with E-state index in [1.165, 1.54) is 6.07 Å². The summed E-state index contributed by atoms with van der Waals surface area (Å²) in [5.41, 5.74) is 0.695. The summed E-state index contributed by atoms with van der Waals surface area (Å²) in [7, 11) is 0. The summed E-state index contributed by atoms with van der Waals surface area (Å²) in [5.74, 6) is -0.0439. The van der Waals surface area contributed by atoms with Crippen LogP contribution < -0.4 is 5.32 Å². The summed E-state index contributed by atoms with van der Waals surface area (Å²) in [5, 5.41) is 3.33. The van der Waals surface area contributed by atoms with Gasteiger partial charge in [-0.1, -0.05) is 25.1 Å². The second-order valence-electron chi connectivity index (χ2n) is 5.67. The van der Waals surface area contributed by atoms with Gasteiger partial charge in [0, 0.05) is 31.6 Å². The van der Waals surface area contributed by atoms with Crippen molar-refractivity contribution in [3.05, 3.63) is 35.6 Å². The Labute approximate surface area is 120 Å². The summed E-state index contributed by atoms with van der Waals surface area (Å²) in [6.07, 6.45) is 1.30. The highest BCUT2D eigenvalue weighted by atomic mass is 19.1. The predicted molar refractivity (Wildman–Crippen MR) is 77.9 cm³/mol. The maximum atomic E-state index is 13.5. The molecule has 1 aromatic rings. The minimum absolute atomic E-state index is 0.0556. The molecule has 0 unspecified atom stereocenters. The molecular weight excluding hydrogens is 255 g/mol. The number of carbonyl (C=O) groups excluding carboxylic acids is 1. The fourth-order valence-corrected chi connectivity index (χ4v) is 2.64. The van der Waals surface area contributed by atoms with Crippen LogP contribution in [0.15, 0.2) is 24.3 Å². The summed E-state index contributed by atoms with van der Waals surface area (Å²) in [6.45, 7) is 6.42. The molecule has 1 aromatic carbocycles. The van der Waals surface area contributed by atoms with Crippen molar-refractivity contribution in [3.8, 4) is 0 Å². The monoisotopic (exact) mass is 278 g/mol. The van der Waals surface area contributed by atoms with Gasteiger partial charge in [0.25, 0.3) is 0 Å². The van der Waals surface area contributed by atoms with E-state index >= 15 is 0 Å². The first-order chi connectivity index (χ1) is 9.58. The number of aryl methyl sites for hydroxylation is 1. The summed E-state index contributed by atoms with van der Waals surface area (Å²) in [4.78, 5) is 14.3. The minimum Gasteiger partial charge on any atom is -0.340 e. The molecule has 4 heteroatoms. The van der Waals surface area contributed by atoms with Crippen molar-refractivity contribution < 1.29 is 9.18 Å². The molecule has 0 aliphatic carbocycles. The Hall–Kier alpha value is -1.42. The van der Waals surface area contributed by atoms with Crippen LogP contribution in [0.1, 0.15) is 25.8 Å². The van der Waals surface area contributed by atoms with Crippen LogP contribution in [0, 0.1) is 11.7 Å². The number of halogens is 1. The summed E-state index contributed by atoms with van der Waals surface area (Å²) >= 11 is 0. The van der Waals surface area contributed by atoms with Crippen LogP contribution in [0.25, 0.3) is 0 Å². The second-order valence-corrected chi connectivity index (χ2v) is 5.67. The molecule has 0 saturated carbocycles. The first-order valence-corrected chi connectivity index (χ1v) is 7.33. The molecule has 1 aliphatic rings. The van der Waals surface area contributed by atoms with E-state index in [0.717, 1.165) is 19.6 Å². The average molecular weight is 278 g/mol. The maximum absolute atomic E-state index is 13.5. The van der Waals surface area contributed by atoms with Gasteiger partial charge in [0.05, 0.1) is 0 Å². The molecule has 1 aliphatic heterocycles. The Bertz CT molecular complexity index is 464. The molecule has 1 saturated heterocycles. The standard InChI is InChI=1S/C16H23FN2O/c1-12(7-8-14-5-3-4-6-15(14)17)16(20)19-10-9-18-13(2)11-19/h3-6,12-13,18H,7-11H2,1-2H3/t12-,13-/m0/s1. The van der Waals surface area contributed by atoms with Crippen molar-refractivity contribution in [1.82, 2.24) is 10.2 Å². The van der Waals surface area contributed by atoms with Crippen molar-refractivity contribution in [2.75, 3.05) is 19.6 Å². The number of carbonyl (C=O) groups is 1. The van der Waals surface area contributed by atoms with Gasteiger partial charge < -0.3 is 10.2 Å². The lowest BCUT2D eigenvalue weighted by Crippen LogP contribution is -2.52. The van der Waals surface area contributed by atoms with Crippen LogP contribution in [0.4, 0.5) is 4.39 Å². The van der Waals surface area contributed by atoms with E-state index in [2.05, 4.69) is 12.2 Å².